The maximum atomic E-state index is 11.3. The predicted molar refractivity (Wildman–Crippen MR) is 105 cm³/mol. The predicted octanol–water partition coefficient (Wildman–Crippen LogP) is 3.54. The summed E-state index contributed by atoms with van der Waals surface area (Å²) in [6, 6.07) is 11.2. The van der Waals surface area contributed by atoms with E-state index in [9.17, 15) is 9.90 Å². The third kappa shape index (κ3) is 3.92. The number of carboxylic acids is 1. The van der Waals surface area contributed by atoms with Gasteiger partial charge in [-0.1, -0.05) is 12.1 Å². The summed E-state index contributed by atoms with van der Waals surface area (Å²) in [6.45, 7) is 3.77. The lowest BCUT2D eigenvalue weighted by Crippen LogP contribution is -2.34. The van der Waals surface area contributed by atoms with Gasteiger partial charge in [0.05, 0.1) is 12.7 Å². The molecule has 28 heavy (non-hydrogen) atoms. The first kappa shape index (κ1) is 18.6. The van der Waals surface area contributed by atoms with Gasteiger partial charge in [0, 0.05) is 24.7 Å². The first-order valence-corrected chi connectivity index (χ1v) is 9.66. The number of piperidine rings is 1. The van der Waals surface area contributed by atoms with E-state index in [1.165, 1.54) is 0 Å². The number of carbonyl (C=O) groups is 1. The molecule has 2 heterocycles. The maximum absolute atomic E-state index is 11.3. The van der Waals surface area contributed by atoms with Crippen LogP contribution in [-0.4, -0.2) is 49.4 Å². The molecule has 6 heteroatoms. The normalized spacial score (nSPS) is 19.2. The summed E-state index contributed by atoms with van der Waals surface area (Å²) in [4.78, 5) is 13.7. The van der Waals surface area contributed by atoms with Gasteiger partial charge in [0.25, 0.3) is 0 Å². The van der Waals surface area contributed by atoms with Crippen LogP contribution in [0.4, 0.5) is 0 Å². The lowest BCUT2D eigenvalue weighted by Gasteiger charge is -2.33. The quantitative estimate of drug-likeness (QED) is 0.852. The molecule has 0 saturated carbocycles. The maximum Gasteiger partial charge on any atom is 0.335 e. The molecule has 0 unspecified atom stereocenters. The van der Waals surface area contributed by atoms with Crippen molar-refractivity contribution in [1.29, 1.82) is 0 Å². The number of rotatable bonds is 5. The number of methoxy groups -OCH3 is 1. The third-order valence-corrected chi connectivity index (χ3v) is 5.45. The molecular formula is C22H25NO5. The molecule has 6 nitrogen and oxygen atoms in total. The molecule has 1 atom stereocenters. The Hall–Kier alpha value is -2.73. The molecule has 0 amide bonds. The Balaban J connectivity index is 1.51. The van der Waals surface area contributed by atoms with Crippen LogP contribution in [0.25, 0.3) is 0 Å². The number of fused-ring (bicyclic) bond motifs is 1. The molecule has 0 bridgehead atoms. The number of benzene rings is 2. The molecule has 4 rings (SSSR count). The van der Waals surface area contributed by atoms with E-state index in [1.807, 2.05) is 24.3 Å². The van der Waals surface area contributed by atoms with Crippen molar-refractivity contribution in [2.24, 2.45) is 0 Å². The average Bonchev–Trinajstić information content (AvgIpc) is 2.73. The minimum Gasteiger partial charge on any atom is -0.496 e. The Morgan fingerprint density at radius 2 is 2.00 bits per heavy atom. The van der Waals surface area contributed by atoms with Crippen LogP contribution in [0.5, 0.6) is 17.2 Å². The highest BCUT2D eigenvalue weighted by molar-refractivity contribution is 5.87. The van der Waals surface area contributed by atoms with Crippen LogP contribution in [0, 0.1) is 0 Å². The van der Waals surface area contributed by atoms with Crippen molar-refractivity contribution in [3.8, 4) is 17.2 Å². The second-order valence-electron chi connectivity index (χ2n) is 7.31. The SMILES string of the molecule is COc1cc2c(cc1CN1CCC[C@H](c3cccc(C(=O)O)c3)C1)OCCO2. The molecule has 2 aliphatic heterocycles. The highest BCUT2D eigenvalue weighted by Gasteiger charge is 2.24. The van der Waals surface area contributed by atoms with Crippen molar-refractivity contribution in [1.82, 2.24) is 4.90 Å². The van der Waals surface area contributed by atoms with Gasteiger partial charge < -0.3 is 19.3 Å². The Kier molecular flexibility index (Phi) is 5.39. The molecule has 0 aromatic heterocycles. The number of hydrogen-bond donors (Lipinski definition) is 1. The Bertz CT molecular complexity index is 866. The van der Waals surface area contributed by atoms with Crippen molar-refractivity contribution in [2.45, 2.75) is 25.3 Å². The van der Waals surface area contributed by atoms with Gasteiger partial charge in [-0.3, -0.25) is 4.90 Å². The zero-order valence-electron chi connectivity index (χ0n) is 16.0. The largest absolute Gasteiger partial charge is 0.496 e. The average molecular weight is 383 g/mol. The zero-order valence-corrected chi connectivity index (χ0v) is 16.0. The van der Waals surface area contributed by atoms with E-state index in [4.69, 9.17) is 14.2 Å². The van der Waals surface area contributed by atoms with Crippen molar-refractivity contribution in [2.75, 3.05) is 33.4 Å². The molecule has 0 spiro atoms. The lowest BCUT2D eigenvalue weighted by molar-refractivity contribution is 0.0696. The van der Waals surface area contributed by atoms with E-state index in [2.05, 4.69) is 4.90 Å². The highest BCUT2D eigenvalue weighted by atomic mass is 16.6. The van der Waals surface area contributed by atoms with E-state index >= 15 is 0 Å². The fraction of sp³-hybridized carbons (Fsp3) is 0.409. The topological polar surface area (TPSA) is 68.2 Å². The van der Waals surface area contributed by atoms with Crippen LogP contribution in [0.2, 0.25) is 0 Å². The molecule has 1 saturated heterocycles. The Labute approximate surface area is 164 Å². The van der Waals surface area contributed by atoms with Crippen molar-refractivity contribution >= 4 is 5.97 Å². The van der Waals surface area contributed by atoms with Crippen molar-refractivity contribution in [3.63, 3.8) is 0 Å². The Morgan fingerprint density at radius 3 is 2.75 bits per heavy atom. The number of carboxylic acid groups (broad SMARTS) is 1. The Morgan fingerprint density at radius 1 is 1.21 bits per heavy atom. The monoisotopic (exact) mass is 383 g/mol. The fourth-order valence-corrected chi connectivity index (χ4v) is 4.06. The highest BCUT2D eigenvalue weighted by Crippen LogP contribution is 2.38. The summed E-state index contributed by atoms with van der Waals surface area (Å²) >= 11 is 0. The van der Waals surface area contributed by atoms with Crippen LogP contribution in [0.1, 0.15) is 40.2 Å². The second kappa shape index (κ2) is 8.10. The molecule has 2 aromatic rings. The molecule has 148 valence electrons. The van der Waals surface area contributed by atoms with E-state index in [1.54, 1.807) is 19.2 Å². The standard InChI is InChI=1S/C22H25NO5/c1-26-19-12-21-20(27-8-9-28-21)11-18(19)14-23-7-3-6-17(13-23)15-4-2-5-16(10-15)22(24)25/h2,4-5,10-12,17H,3,6-9,13-14H2,1H3,(H,24,25)/t17-/m0/s1. The summed E-state index contributed by atoms with van der Waals surface area (Å²) in [5, 5.41) is 9.26. The first-order valence-electron chi connectivity index (χ1n) is 9.66. The number of hydrogen-bond acceptors (Lipinski definition) is 5. The number of aromatic carboxylic acids is 1. The van der Waals surface area contributed by atoms with E-state index in [0.717, 1.165) is 60.9 Å². The zero-order chi connectivity index (χ0) is 19.5. The summed E-state index contributed by atoms with van der Waals surface area (Å²) in [7, 11) is 1.67. The molecular weight excluding hydrogens is 358 g/mol. The minimum absolute atomic E-state index is 0.330. The van der Waals surface area contributed by atoms with Gasteiger partial charge in [-0.05, 0) is 49.1 Å². The summed E-state index contributed by atoms with van der Waals surface area (Å²) < 4.78 is 17.0. The summed E-state index contributed by atoms with van der Waals surface area (Å²) in [5.74, 6) is 1.75. The fourth-order valence-electron chi connectivity index (χ4n) is 4.06. The number of nitrogens with zero attached hydrogens (tertiary/aromatic N) is 1. The summed E-state index contributed by atoms with van der Waals surface area (Å²) in [5.41, 5.74) is 2.52. The van der Waals surface area contributed by atoms with Gasteiger partial charge in [0.1, 0.15) is 19.0 Å². The summed E-state index contributed by atoms with van der Waals surface area (Å²) in [6.07, 6.45) is 2.15. The van der Waals surface area contributed by atoms with Crippen LogP contribution in [0.15, 0.2) is 36.4 Å². The van der Waals surface area contributed by atoms with Gasteiger partial charge in [0.2, 0.25) is 0 Å². The van der Waals surface area contributed by atoms with Crippen molar-refractivity contribution in [3.05, 3.63) is 53.1 Å². The molecule has 1 fully saturated rings. The number of likely N-dealkylation sites (tertiary alicyclic amines) is 1. The van der Waals surface area contributed by atoms with Crippen LogP contribution in [-0.2, 0) is 6.54 Å². The van der Waals surface area contributed by atoms with Gasteiger partial charge in [-0.15, -0.1) is 0 Å². The van der Waals surface area contributed by atoms with Gasteiger partial charge >= 0.3 is 5.97 Å². The number of ether oxygens (including phenoxy) is 3. The third-order valence-electron chi connectivity index (χ3n) is 5.45. The molecule has 2 aromatic carbocycles. The lowest BCUT2D eigenvalue weighted by atomic mass is 9.89. The van der Waals surface area contributed by atoms with Crippen LogP contribution < -0.4 is 14.2 Å². The van der Waals surface area contributed by atoms with E-state index < -0.39 is 5.97 Å². The molecule has 0 aliphatic carbocycles. The second-order valence-corrected chi connectivity index (χ2v) is 7.31. The first-order chi connectivity index (χ1) is 13.6. The van der Waals surface area contributed by atoms with Crippen LogP contribution in [0.3, 0.4) is 0 Å². The van der Waals surface area contributed by atoms with E-state index in [0.29, 0.717) is 24.7 Å². The van der Waals surface area contributed by atoms with Gasteiger partial charge in [0.15, 0.2) is 11.5 Å². The van der Waals surface area contributed by atoms with Gasteiger partial charge in [-0.2, -0.15) is 0 Å². The molecule has 2 aliphatic rings. The minimum atomic E-state index is -0.879. The smallest absolute Gasteiger partial charge is 0.335 e. The van der Waals surface area contributed by atoms with Crippen molar-refractivity contribution < 1.29 is 24.1 Å². The molecule has 1 N–H and O–H groups in total. The van der Waals surface area contributed by atoms with Crippen LogP contribution >= 0.6 is 0 Å². The molecule has 0 radical (unpaired) electrons. The van der Waals surface area contributed by atoms with E-state index in [-0.39, 0.29) is 0 Å². The van der Waals surface area contributed by atoms with Gasteiger partial charge in [-0.25, -0.2) is 4.79 Å².